The first-order valence-corrected chi connectivity index (χ1v) is 15.6. The quantitative estimate of drug-likeness (QED) is 0.170. The molecule has 0 saturated heterocycles. The molecule has 7 rings (SSSR count). The lowest BCUT2D eigenvalue weighted by molar-refractivity contribution is 0.475. The van der Waals surface area contributed by atoms with Gasteiger partial charge in [0.2, 0.25) is 11.8 Å². The molecule has 0 bridgehead atoms. The lowest BCUT2D eigenvalue weighted by Gasteiger charge is -2.17. The number of fused-ring (bicyclic) bond motifs is 1. The van der Waals surface area contributed by atoms with E-state index in [9.17, 15) is 9.90 Å². The van der Waals surface area contributed by atoms with Crippen LogP contribution in [0.5, 0.6) is 5.75 Å². The lowest BCUT2D eigenvalue weighted by atomic mass is 10.1. The monoisotopic (exact) mass is 709 g/mol. The minimum absolute atomic E-state index is 0.147. The first kappa shape index (κ1) is 29.7. The van der Waals surface area contributed by atoms with Gasteiger partial charge >= 0.3 is 0 Å². The summed E-state index contributed by atoms with van der Waals surface area (Å²) in [4.78, 5) is 19.0. The van der Waals surface area contributed by atoms with Crippen molar-refractivity contribution in [1.29, 1.82) is 0 Å². The Morgan fingerprint density at radius 3 is 2.15 bits per heavy atom. The molecule has 0 aliphatic rings. The maximum absolute atomic E-state index is 14.1. The normalized spacial score (nSPS) is 11.2. The van der Waals surface area contributed by atoms with Crippen molar-refractivity contribution in [2.75, 3.05) is 5.32 Å². The van der Waals surface area contributed by atoms with Crippen LogP contribution in [0.15, 0.2) is 123 Å². The Kier molecular flexibility index (Phi) is 8.04. The second-order valence-corrected chi connectivity index (χ2v) is 12.1. The van der Waals surface area contributed by atoms with Crippen LogP contribution in [-0.2, 0) is 6.42 Å². The molecule has 7 aromatic rings. The molecule has 0 aliphatic heterocycles. The molecule has 2 N–H and O–H groups in total. The molecular formula is C35H22BrCl2N5O3. The zero-order chi connectivity index (χ0) is 31.8. The SMILES string of the molecule is O=c1c2cc(Br)ccc2nc(Cc2ccccc2Nc2c(Cl)cccc2Cl)n1-c1ccc(-c2nnc(-c3ccc(O)cc3)o2)cc1. The minimum atomic E-state index is -0.207. The topological polar surface area (TPSA) is 106 Å². The molecule has 0 spiro atoms. The van der Waals surface area contributed by atoms with Gasteiger partial charge < -0.3 is 14.8 Å². The number of anilines is 2. The summed E-state index contributed by atoms with van der Waals surface area (Å²) in [6, 6.07) is 32.3. The predicted octanol–water partition coefficient (Wildman–Crippen LogP) is 9.21. The van der Waals surface area contributed by atoms with Crippen molar-refractivity contribution in [3.8, 4) is 34.3 Å². The molecule has 5 aromatic carbocycles. The maximum Gasteiger partial charge on any atom is 0.266 e. The number of nitrogens with one attached hydrogen (secondary N) is 1. The van der Waals surface area contributed by atoms with E-state index in [-0.39, 0.29) is 11.3 Å². The Labute approximate surface area is 281 Å². The highest BCUT2D eigenvalue weighted by Crippen LogP contribution is 2.34. The molecule has 0 fully saturated rings. The smallest absolute Gasteiger partial charge is 0.266 e. The summed E-state index contributed by atoms with van der Waals surface area (Å²) >= 11 is 16.4. The Morgan fingerprint density at radius 2 is 1.46 bits per heavy atom. The van der Waals surface area contributed by atoms with Crippen LogP contribution in [0.1, 0.15) is 11.4 Å². The Balaban J connectivity index is 1.28. The fourth-order valence-corrected chi connectivity index (χ4v) is 5.97. The number of hydrogen-bond acceptors (Lipinski definition) is 7. The zero-order valence-electron chi connectivity index (χ0n) is 23.8. The second-order valence-electron chi connectivity index (χ2n) is 10.4. The summed E-state index contributed by atoms with van der Waals surface area (Å²) < 4.78 is 8.30. The van der Waals surface area contributed by atoms with Crippen LogP contribution in [0, 0.1) is 0 Å². The second kappa shape index (κ2) is 12.4. The van der Waals surface area contributed by atoms with E-state index >= 15 is 0 Å². The van der Waals surface area contributed by atoms with Crippen LogP contribution >= 0.6 is 39.1 Å². The summed E-state index contributed by atoms with van der Waals surface area (Å²) in [6.07, 6.45) is 0.327. The van der Waals surface area contributed by atoms with Gasteiger partial charge in [-0.15, -0.1) is 10.2 Å². The van der Waals surface area contributed by atoms with Crippen LogP contribution < -0.4 is 10.9 Å². The van der Waals surface area contributed by atoms with Gasteiger partial charge in [-0.05, 0) is 90.5 Å². The van der Waals surface area contributed by atoms with E-state index in [1.54, 1.807) is 53.1 Å². The summed E-state index contributed by atoms with van der Waals surface area (Å²) in [5.74, 6) is 1.33. The summed E-state index contributed by atoms with van der Waals surface area (Å²) in [7, 11) is 0. The van der Waals surface area contributed by atoms with E-state index in [0.29, 0.717) is 67.5 Å². The highest BCUT2D eigenvalue weighted by Gasteiger charge is 2.17. The van der Waals surface area contributed by atoms with Crippen LogP contribution in [-0.4, -0.2) is 24.9 Å². The van der Waals surface area contributed by atoms with Gasteiger partial charge in [0.15, 0.2) is 0 Å². The van der Waals surface area contributed by atoms with E-state index in [1.807, 2.05) is 60.7 Å². The number of para-hydroxylation sites is 2. The number of aromatic hydroxyl groups is 1. The maximum atomic E-state index is 14.1. The molecule has 0 saturated carbocycles. The number of phenolic OH excluding ortho intramolecular Hbond substituents is 1. The van der Waals surface area contributed by atoms with E-state index in [0.717, 1.165) is 15.7 Å². The number of halogens is 3. The first-order chi connectivity index (χ1) is 22.3. The third-order valence-corrected chi connectivity index (χ3v) is 8.52. The van der Waals surface area contributed by atoms with E-state index in [1.165, 1.54) is 0 Å². The first-order valence-electron chi connectivity index (χ1n) is 14.1. The molecule has 8 nitrogen and oxygen atoms in total. The number of aromatic nitrogens is 4. The van der Waals surface area contributed by atoms with Crippen molar-refractivity contribution in [2.45, 2.75) is 6.42 Å². The van der Waals surface area contributed by atoms with Gasteiger partial charge in [0.05, 0.1) is 32.3 Å². The van der Waals surface area contributed by atoms with Crippen LogP contribution in [0.3, 0.4) is 0 Å². The van der Waals surface area contributed by atoms with Gasteiger partial charge in [-0.1, -0.05) is 63.4 Å². The van der Waals surface area contributed by atoms with Crippen LogP contribution in [0.2, 0.25) is 10.0 Å². The van der Waals surface area contributed by atoms with Gasteiger partial charge in [-0.25, -0.2) is 4.98 Å². The van der Waals surface area contributed by atoms with Gasteiger partial charge in [0.25, 0.3) is 5.56 Å². The van der Waals surface area contributed by atoms with E-state index in [2.05, 4.69) is 31.4 Å². The molecule has 226 valence electrons. The van der Waals surface area contributed by atoms with Crippen molar-refractivity contribution >= 4 is 61.4 Å². The molecule has 11 heteroatoms. The lowest BCUT2D eigenvalue weighted by Crippen LogP contribution is -2.24. The average molecular weight is 711 g/mol. The number of rotatable bonds is 7. The number of phenols is 1. The molecule has 2 heterocycles. The number of nitrogens with zero attached hydrogens (tertiary/aromatic N) is 4. The molecule has 46 heavy (non-hydrogen) atoms. The average Bonchev–Trinajstić information content (AvgIpc) is 3.55. The third kappa shape index (κ3) is 5.88. The molecule has 0 aliphatic carbocycles. The molecule has 0 amide bonds. The standard InChI is InChI=1S/C35H22BrCl2N5O3/c36-23-12-17-30-26(19-23)35(45)43(24-13-8-20(9-14-24)33-41-42-34(46-33)21-10-15-25(44)16-11-21)31(39-30)18-22-4-1-2-7-29(22)40-32-27(37)5-3-6-28(32)38/h1-17,19,40,44H,18H2. The minimum Gasteiger partial charge on any atom is -0.508 e. The summed E-state index contributed by atoms with van der Waals surface area (Å²) in [6.45, 7) is 0. The summed E-state index contributed by atoms with van der Waals surface area (Å²) in [5.41, 5.74) is 4.63. The zero-order valence-corrected chi connectivity index (χ0v) is 26.9. The Morgan fingerprint density at radius 1 is 0.804 bits per heavy atom. The highest BCUT2D eigenvalue weighted by molar-refractivity contribution is 9.10. The van der Waals surface area contributed by atoms with Crippen molar-refractivity contribution in [2.24, 2.45) is 0 Å². The third-order valence-electron chi connectivity index (χ3n) is 7.40. The van der Waals surface area contributed by atoms with Gasteiger partial charge in [0.1, 0.15) is 11.6 Å². The van der Waals surface area contributed by atoms with Gasteiger partial charge in [-0.3, -0.25) is 9.36 Å². The predicted molar refractivity (Wildman–Crippen MR) is 184 cm³/mol. The van der Waals surface area contributed by atoms with Crippen LogP contribution in [0.25, 0.3) is 39.5 Å². The number of hydrogen-bond donors (Lipinski definition) is 2. The van der Waals surface area contributed by atoms with Crippen molar-refractivity contribution in [1.82, 2.24) is 19.7 Å². The molecule has 2 aromatic heterocycles. The fourth-order valence-electron chi connectivity index (χ4n) is 5.12. The Bertz CT molecular complexity index is 2270. The number of benzene rings is 5. The molecule has 0 radical (unpaired) electrons. The van der Waals surface area contributed by atoms with Crippen molar-refractivity contribution in [3.05, 3.63) is 145 Å². The van der Waals surface area contributed by atoms with Gasteiger partial charge in [0, 0.05) is 27.7 Å². The molecule has 0 atom stereocenters. The van der Waals surface area contributed by atoms with E-state index in [4.69, 9.17) is 32.6 Å². The van der Waals surface area contributed by atoms with Crippen molar-refractivity contribution < 1.29 is 9.52 Å². The largest absolute Gasteiger partial charge is 0.508 e. The van der Waals surface area contributed by atoms with Gasteiger partial charge in [-0.2, -0.15) is 0 Å². The molecular weight excluding hydrogens is 689 g/mol. The highest BCUT2D eigenvalue weighted by atomic mass is 79.9. The van der Waals surface area contributed by atoms with E-state index < -0.39 is 0 Å². The fraction of sp³-hybridized carbons (Fsp3) is 0.0286. The van der Waals surface area contributed by atoms with Crippen molar-refractivity contribution in [3.63, 3.8) is 0 Å². The summed E-state index contributed by atoms with van der Waals surface area (Å²) in [5, 5.41) is 22.8. The van der Waals surface area contributed by atoms with Crippen LogP contribution in [0.4, 0.5) is 11.4 Å². The Hall–Kier alpha value is -4.96. The molecule has 0 unspecified atom stereocenters.